The predicted molar refractivity (Wildman–Crippen MR) is 53.4 cm³/mol. The average Bonchev–Trinajstić information content (AvgIpc) is 2.83. The van der Waals surface area contributed by atoms with Crippen LogP contribution in [0.5, 0.6) is 0 Å². The zero-order valence-electron chi connectivity index (χ0n) is 7.87. The van der Waals surface area contributed by atoms with Gasteiger partial charge in [0.1, 0.15) is 0 Å². The first-order valence-corrected chi connectivity index (χ1v) is 4.61. The fourth-order valence-corrected chi connectivity index (χ4v) is 1.68. The normalized spacial score (nSPS) is 14.4. The van der Waals surface area contributed by atoms with Gasteiger partial charge in [0, 0.05) is 12.4 Å². The number of carbonyl (C=O) groups excluding carboxylic acids is 1. The van der Waals surface area contributed by atoms with Crippen LogP contribution < -0.4 is 4.90 Å². The van der Waals surface area contributed by atoms with Crippen molar-refractivity contribution in [1.82, 2.24) is 14.8 Å². The molecule has 5 nitrogen and oxygen atoms in total. The van der Waals surface area contributed by atoms with Gasteiger partial charge in [-0.25, -0.2) is 4.79 Å². The molecule has 0 saturated heterocycles. The van der Waals surface area contributed by atoms with Gasteiger partial charge < -0.3 is 0 Å². The van der Waals surface area contributed by atoms with Crippen molar-refractivity contribution < 1.29 is 4.79 Å². The molecule has 1 aliphatic rings. The minimum absolute atomic E-state index is 0.122. The van der Waals surface area contributed by atoms with Crippen molar-refractivity contribution in [2.24, 2.45) is 0 Å². The number of nitrogens with zero attached hydrogens (tertiary/aromatic N) is 4. The van der Waals surface area contributed by atoms with Crippen molar-refractivity contribution in [3.8, 4) is 0 Å². The Hall–Kier alpha value is -2.17. The molecule has 2 aromatic rings. The molecule has 0 saturated carbocycles. The quantitative estimate of drug-likeness (QED) is 0.696. The van der Waals surface area contributed by atoms with Crippen molar-refractivity contribution in [3.63, 3.8) is 0 Å². The number of fused-ring (bicyclic) bond motifs is 1. The highest BCUT2D eigenvalue weighted by atomic mass is 16.2. The predicted octanol–water partition coefficient (Wildman–Crippen LogP) is 1.27. The summed E-state index contributed by atoms with van der Waals surface area (Å²) in [5.41, 5.74) is 1.71. The minimum atomic E-state index is -0.122. The van der Waals surface area contributed by atoms with E-state index in [1.165, 1.54) is 4.68 Å². The van der Waals surface area contributed by atoms with E-state index in [0.717, 1.165) is 11.4 Å². The van der Waals surface area contributed by atoms with Crippen LogP contribution in [0, 0.1) is 0 Å². The van der Waals surface area contributed by atoms with E-state index < -0.39 is 0 Å². The lowest BCUT2D eigenvalue weighted by Gasteiger charge is -2.13. The zero-order chi connectivity index (χ0) is 10.3. The van der Waals surface area contributed by atoms with Crippen LogP contribution in [0.3, 0.4) is 0 Å². The van der Waals surface area contributed by atoms with Gasteiger partial charge in [0.25, 0.3) is 0 Å². The molecule has 0 bridgehead atoms. The van der Waals surface area contributed by atoms with Crippen molar-refractivity contribution in [2.75, 3.05) is 4.90 Å². The third kappa shape index (κ3) is 1.13. The Morgan fingerprint density at radius 1 is 1.27 bits per heavy atom. The van der Waals surface area contributed by atoms with Crippen LogP contribution in [0.2, 0.25) is 0 Å². The summed E-state index contributed by atoms with van der Waals surface area (Å²) in [5, 5.41) is 3.96. The van der Waals surface area contributed by atoms with E-state index in [9.17, 15) is 4.79 Å². The molecule has 0 aliphatic carbocycles. The summed E-state index contributed by atoms with van der Waals surface area (Å²) in [5.74, 6) is 0. The van der Waals surface area contributed by atoms with Gasteiger partial charge in [0.15, 0.2) is 0 Å². The molecule has 3 heterocycles. The highest BCUT2D eigenvalue weighted by Crippen LogP contribution is 2.22. The average molecular weight is 200 g/mol. The summed E-state index contributed by atoms with van der Waals surface area (Å²) in [6.45, 7) is 0.560. The number of pyridine rings is 1. The lowest BCUT2D eigenvalue weighted by Crippen LogP contribution is -2.26. The molecule has 0 atom stereocenters. The second-order valence-electron chi connectivity index (χ2n) is 3.31. The third-order valence-electron chi connectivity index (χ3n) is 2.41. The molecular formula is C10H8N4O. The van der Waals surface area contributed by atoms with Gasteiger partial charge in [0.05, 0.1) is 24.1 Å². The maximum Gasteiger partial charge on any atom is 0.349 e. The van der Waals surface area contributed by atoms with Gasteiger partial charge in [-0.15, -0.1) is 0 Å². The van der Waals surface area contributed by atoms with E-state index in [-0.39, 0.29) is 6.03 Å². The SMILES string of the molecule is O=C1N(c2cccnc2)Cc2ccnn21. The second-order valence-corrected chi connectivity index (χ2v) is 3.31. The van der Waals surface area contributed by atoms with Gasteiger partial charge in [-0.3, -0.25) is 9.88 Å². The molecule has 0 unspecified atom stereocenters. The lowest BCUT2D eigenvalue weighted by molar-refractivity contribution is 0.248. The van der Waals surface area contributed by atoms with Crippen LogP contribution in [0.15, 0.2) is 36.8 Å². The fourth-order valence-electron chi connectivity index (χ4n) is 1.68. The molecule has 3 rings (SSSR count). The Bertz CT molecular complexity index is 505. The smallest absolute Gasteiger partial charge is 0.285 e. The van der Waals surface area contributed by atoms with Crippen LogP contribution >= 0.6 is 0 Å². The Morgan fingerprint density at radius 3 is 2.93 bits per heavy atom. The van der Waals surface area contributed by atoms with E-state index in [1.807, 2.05) is 18.2 Å². The topological polar surface area (TPSA) is 51.0 Å². The summed E-state index contributed by atoms with van der Waals surface area (Å²) in [6, 6.07) is 5.39. The monoisotopic (exact) mass is 200 g/mol. The molecule has 5 heteroatoms. The van der Waals surface area contributed by atoms with Crippen LogP contribution in [-0.4, -0.2) is 20.8 Å². The summed E-state index contributed by atoms with van der Waals surface area (Å²) in [6.07, 6.45) is 4.99. The van der Waals surface area contributed by atoms with E-state index in [1.54, 1.807) is 23.5 Å². The number of amides is 1. The molecule has 0 fully saturated rings. The fraction of sp³-hybridized carbons (Fsp3) is 0.100. The molecule has 1 amide bonds. The van der Waals surface area contributed by atoms with Crippen LogP contribution in [0.4, 0.5) is 10.5 Å². The first kappa shape index (κ1) is 8.16. The van der Waals surface area contributed by atoms with Crippen molar-refractivity contribution in [3.05, 3.63) is 42.5 Å². The maximum atomic E-state index is 11.9. The standard InChI is InChI=1S/C10H8N4O/c15-10-13(8-2-1-4-11-6-8)7-9-3-5-12-14(9)10/h1-6H,7H2. The highest BCUT2D eigenvalue weighted by molar-refractivity contribution is 5.95. The molecule has 0 aromatic carbocycles. The zero-order valence-corrected chi connectivity index (χ0v) is 7.87. The molecule has 74 valence electrons. The van der Waals surface area contributed by atoms with Gasteiger partial charge >= 0.3 is 6.03 Å². The number of hydrogen-bond donors (Lipinski definition) is 0. The number of hydrogen-bond acceptors (Lipinski definition) is 3. The highest BCUT2D eigenvalue weighted by Gasteiger charge is 2.28. The number of rotatable bonds is 1. The second kappa shape index (κ2) is 2.91. The largest absolute Gasteiger partial charge is 0.349 e. The molecule has 15 heavy (non-hydrogen) atoms. The molecule has 0 spiro atoms. The summed E-state index contributed by atoms with van der Waals surface area (Å²) < 4.78 is 1.41. The van der Waals surface area contributed by atoms with Crippen molar-refractivity contribution >= 4 is 11.7 Å². The first-order chi connectivity index (χ1) is 7.36. The van der Waals surface area contributed by atoms with E-state index in [4.69, 9.17) is 0 Å². The Balaban J connectivity index is 2.00. The number of carbonyl (C=O) groups is 1. The minimum Gasteiger partial charge on any atom is -0.285 e. The summed E-state index contributed by atoms with van der Waals surface area (Å²) in [7, 11) is 0. The van der Waals surface area contributed by atoms with E-state index in [0.29, 0.717) is 6.54 Å². The van der Waals surface area contributed by atoms with Gasteiger partial charge in [0.2, 0.25) is 0 Å². The lowest BCUT2D eigenvalue weighted by atomic mass is 10.3. The van der Waals surface area contributed by atoms with E-state index >= 15 is 0 Å². The van der Waals surface area contributed by atoms with Crippen molar-refractivity contribution in [1.29, 1.82) is 0 Å². The molecule has 0 N–H and O–H groups in total. The Morgan fingerprint density at radius 2 is 2.20 bits per heavy atom. The molecular weight excluding hydrogens is 192 g/mol. The molecule has 0 radical (unpaired) electrons. The summed E-state index contributed by atoms with van der Waals surface area (Å²) in [4.78, 5) is 17.5. The van der Waals surface area contributed by atoms with Crippen LogP contribution in [0.25, 0.3) is 0 Å². The summed E-state index contributed by atoms with van der Waals surface area (Å²) >= 11 is 0. The third-order valence-corrected chi connectivity index (χ3v) is 2.41. The van der Waals surface area contributed by atoms with Crippen molar-refractivity contribution in [2.45, 2.75) is 6.54 Å². The van der Waals surface area contributed by atoms with Gasteiger partial charge in [-0.05, 0) is 18.2 Å². The van der Waals surface area contributed by atoms with E-state index in [2.05, 4.69) is 10.1 Å². The molecule has 2 aromatic heterocycles. The first-order valence-electron chi connectivity index (χ1n) is 4.61. The van der Waals surface area contributed by atoms with Gasteiger partial charge in [-0.2, -0.15) is 9.78 Å². The molecule has 1 aliphatic heterocycles. The Labute approximate surface area is 86.0 Å². The van der Waals surface area contributed by atoms with Crippen LogP contribution in [-0.2, 0) is 6.54 Å². The van der Waals surface area contributed by atoms with Gasteiger partial charge in [-0.1, -0.05) is 0 Å². The van der Waals surface area contributed by atoms with Crippen LogP contribution in [0.1, 0.15) is 5.69 Å². The maximum absolute atomic E-state index is 11.9. The Kier molecular flexibility index (Phi) is 1.58. The number of anilines is 1. The number of aromatic nitrogens is 3.